The topological polar surface area (TPSA) is 33.2 Å². The summed E-state index contributed by atoms with van der Waals surface area (Å²) in [4.78, 5) is 18.4. The first-order valence-electron chi connectivity index (χ1n) is 7.70. The Balaban J connectivity index is 1.67. The molecule has 2 heterocycles. The minimum Gasteiger partial charge on any atom is -0.339 e. The van der Waals surface area contributed by atoms with Crippen LogP contribution in [0.3, 0.4) is 0 Å². The molecule has 1 saturated carbocycles. The third kappa shape index (κ3) is 3.35. The average molecular weight is 327 g/mol. The first kappa shape index (κ1) is 15.1. The molecule has 0 N–H and O–H groups in total. The molecular formula is C16H20Cl2N2O. The molecule has 2 aliphatic rings. The van der Waals surface area contributed by atoms with Gasteiger partial charge in [0.15, 0.2) is 0 Å². The van der Waals surface area contributed by atoms with Crippen molar-refractivity contribution in [1.29, 1.82) is 0 Å². The second-order valence-corrected chi connectivity index (χ2v) is 7.13. The third-order valence-corrected chi connectivity index (χ3v) is 5.42. The molecule has 1 aromatic heterocycles. The zero-order chi connectivity index (χ0) is 14.9. The van der Waals surface area contributed by atoms with Gasteiger partial charge in [-0.1, -0.05) is 42.5 Å². The summed E-state index contributed by atoms with van der Waals surface area (Å²) in [6.45, 7) is 1.69. The molecule has 0 bridgehead atoms. The number of nitrogens with zero attached hydrogens (tertiary/aromatic N) is 2. The number of carbonyl (C=O) groups excluding carboxylic acids is 1. The van der Waals surface area contributed by atoms with Crippen molar-refractivity contribution in [3.05, 3.63) is 28.0 Å². The maximum atomic E-state index is 12.6. The van der Waals surface area contributed by atoms with Gasteiger partial charge >= 0.3 is 0 Å². The Kier molecular flexibility index (Phi) is 4.41. The molecule has 0 radical (unpaired) electrons. The molecule has 1 aliphatic heterocycles. The molecule has 1 spiro atoms. The highest BCUT2D eigenvalue weighted by Crippen LogP contribution is 2.44. The Labute approximate surface area is 135 Å². The zero-order valence-electron chi connectivity index (χ0n) is 12.1. The molecule has 1 aliphatic carbocycles. The average Bonchev–Trinajstić information content (AvgIpc) is 2.47. The number of carbonyl (C=O) groups is 1. The van der Waals surface area contributed by atoms with Crippen LogP contribution in [0.2, 0.25) is 10.3 Å². The van der Waals surface area contributed by atoms with E-state index in [0.717, 1.165) is 25.9 Å². The molecule has 3 rings (SSSR count). The van der Waals surface area contributed by atoms with Gasteiger partial charge in [0, 0.05) is 18.7 Å². The molecule has 1 saturated heterocycles. The highest BCUT2D eigenvalue weighted by atomic mass is 35.5. The van der Waals surface area contributed by atoms with Crippen LogP contribution in [-0.4, -0.2) is 28.9 Å². The predicted molar refractivity (Wildman–Crippen MR) is 84.9 cm³/mol. The molecule has 5 heteroatoms. The Morgan fingerprint density at radius 1 is 1.00 bits per heavy atom. The number of hydrogen-bond acceptors (Lipinski definition) is 2. The number of piperidine rings is 1. The fourth-order valence-electron chi connectivity index (χ4n) is 3.76. The maximum Gasteiger partial charge on any atom is 0.254 e. The molecule has 0 unspecified atom stereocenters. The van der Waals surface area contributed by atoms with Crippen LogP contribution in [0.4, 0.5) is 0 Å². The number of aromatic nitrogens is 1. The predicted octanol–water partition coefficient (Wildman–Crippen LogP) is 4.57. The van der Waals surface area contributed by atoms with Gasteiger partial charge in [-0.2, -0.15) is 0 Å². The molecule has 0 aromatic carbocycles. The lowest BCUT2D eigenvalue weighted by molar-refractivity contribution is 0.0472. The van der Waals surface area contributed by atoms with Crippen molar-refractivity contribution >= 4 is 29.1 Å². The maximum absolute atomic E-state index is 12.6. The summed E-state index contributed by atoms with van der Waals surface area (Å²) in [5.74, 6) is 0.0202. The van der Waals surface area contributed by atoms with Crippen LogP contribution < -0.4 is 0 Å². The normalized spacial score (nSPS) is 21.5. The van der Waals surface area contributed by atoms with Crippen molar-refractivity contribution in [2.45, 2.75) is 44.9 Å². The molecule has 21 heavy (non-hydrogen) atoms. The summed E-state index contributed by atoms with van der Waals surface area (Å²) in [6.07, 6.45) is 9.01. The van der Waals surface area contributed by atoms with Gasteiger partial charge in [0.1, 0.15) is 10.3 Å². The third-order valence-electron chi connectivity index (χ3n) is 5.04. The molecular weight excluding hydrogens is 307 g/mol. The number of halogens is 2. The summed E-state index contributed by atoms with van der Waals surface area (Å²) in [5, 5.41) is 0.540. The van der Waals surface area contributed by atoms with Crippen LogP contribution in [0.1, 0.15) is 55.3 Å². The molecule has 1 amide bonds. The van der Waals surface area contributed by atoms with E-state index >= 15 is 0 Å². The Morgan fingerprint density at radius 3 is 2.14 bits per heavy atom. The van der Waals surface area contributed by atoms with Gasteiger partial charge in [-0.3, -0.25) is 4.79 Å². The van der Waals surface area contributed by atoms with Crippen LogP contribution in [-0.2, 0) is 0 Å². The number of rotatable bonds is 1. The van der Waals surface area contributed by atoms with E-state index in [4.69, 9.17) is 23.2 Å². The minimum atomic E-state index is 0.0202. The fourth-order valence-corrected chi connectivity index (χ4v) is 4.22. The first-order valence-corrected chi connectivity index (χ1v) is 8.46. The van der Waals surface area contributed by atoms with Crippen molar-refractivity contribution in [3.63, 3.8) is 0 Å². The highest BCUT2D eigenvalue weighted by Gasteiger charge is 2.36. The summed E-state index contributed by atoms with van der Waals surface area (Å²) < 4.78 is 0. The van der Waals surface area contributed by atoms with E-state index in [1.165, 1.54) is 32.1 Å². The Hall–Kier alpha value is -0.800. The van der Waals surface area contributed by atoms with E-state index in [0.29, 0.717) is 11.0 Å². The minimum absolute atomic E-state index is 0.0202. The SMILES string of the molecule is O=C(c1cc(Cl)nc(Cl)c1)N1CCC2(CCCCC2)CC1. The van der Waals surface area contributed by atoms with Gasteiger partial charge in [0.25, 0.3) is 5.91 Å². The van der Waals surface area contributed by atoms with Crippen LogP contribution >= 0.6 is 23.2 Å². The Morgan fingerprint density at radius 2 is 1.57 bits per heavy atom. The molecule has 114 valence electrons. The second-order valence-electron chi connectivity index (χ2n) is 6.35. The lowest BCUT2D eigenvalue weighted by Gasteiger charge is -2.44. The highest BCUT2D eigenvalue weighted by molar-refractivity contribution is 6.33. The number of hydrogen-bond donors (Lipinski definition) is 0. The number of likely N-dealkylation sites (tertiary alicyclic amines) is 1. The van der Waals surface area contributed by atoms with Crippen LogP contribution in [0.25, 0.3) is 0 Å². The van der Waals surface area contributed by atoms with Gasteiger partial charge in [0.2, 0.25) is 0 Å². The quantitative estimate of drug-likeness (QED) is 0.708. The number of pyridine rings is 1. The lowest BCUT2D eigenvalue weighted by Crippen LogP contribution is -2.43. The molecule has 2 fully saturated rings. The van der Waals surface area contributed by atoms with E-state index in [9.17, 15) is 4.79 Å². The molecule has 1 aromatic rings. The van der Waals surface area contributed by atoms with Crippen LogP contribution in [0.5, 0.6) is 0 Å². The van der Waals surface area contributed by atoms with E-state index in [1.54, 1.807) is 12.1 Å². The molecule has 3 nitrogen and oxygen atoms in total. The van der Waals surface area contributed by atoms with Crippen LogP contribution in [0, 0.1) is 5.41 Å². The monoisotopic (exact) mass is 326 g/mol. The second kappa shape index (κ2) is 6.13. The molecule has 0 atom stereocenters. The summed E-state index contributed by atoms with van der Waals surface area (Å²) in [7, 11) is 0. The summed E-state index contributed by atoms with van der Waals surface area (Å²) >= 11 is 11.8. The van der Waals surface area contributed by atoms with Crippen molar-refractivity contribution in [2.75, 3.05) is 13.1 Å². The zero-order valence-corrected chi connectivity index (χ0v) is 13.6. The Bertz CT molecular complexity index is 511. The van der Waals surface area contributed by atoms with E-state index in [1.807, 2.05) is 4.90 Å². The van der Waals surface area contributed by atoms with E-state index < -0.39 is 0 Å². The first-order chi connectivity index (χ1) is 10.1. The van der Waals surface area contributed by atoms with Crippen LogP contribution in [0.15, 0.2) is 12.1 Å². The lowest BCUT2D eigenvalue weighted by atomic mass is 9.68. The van der Waals surface area contributed by atoms with Crippen molar-refractivity contribution < 1.29 is 4.79 Å². The van der Waals surface area contributed by atoms with Crippen molar-refractivity contribution in [3.8, 4) is 0 Å². The van der Waals surface area contributed by atoms with Gasteiger partial charge < -0.3 is 4.90 Å². The van der Waals surface area contributed by atoms with Gasteiger partial charge in [-0.25, -0.2) is 4.98 Å². The van der Waals surface area contributed by atoms with E-state index in [2.05, 4.69) is 4.98 Å². The standard InChI is InChI=1S/C16H20Cl2N2O/c17-13-10-12(11-14(18)19-13)15(21)20-8-6-16(7-9-20)4-2-1-3-5-16/h10-11H,1-9H2. The van der Waals surface area contributed by atoms with E-state index in [-0.39, 0.29) is 16.2 Å². The summed E-state index contributed by atoms with van der Waals surface area (Å²) in [6, 6.07) is 3.20. The smallest absolute Gasteiger partial charge is 0.254 e. The number of amides is 1. The fraction of sp³-hybridized carbons (Fsp3) is 0.625. The largest absolute Gasteiger partial charge is 0.339 e. The van der Waals surface area contributed by atoms with Crippen molar-refractivity contribution in [2.24, 2.45) is 5.41 Å². The summed E-state index contributed by atoms with van der Waals surface area (Å²) in [5.41, 5.74) is 1.04. The van der Waals surface area contributed by atoms with Crippen molar-refractivity contribution in [1.82, 2.24) is 9.88 Å². The van der Waals surface area contributed by atoms with Gasteiger partial charge in [-0.05, 0) is 43.2 Å². The van der Waals surface area contributed by atoms with Gasteiger partial charge in [-0.15, -0.1) is 0 Å². The van der Waals surface area contributed by atoms with Gasteiger partial charge in [0.05, 0.1) is 0 Å².